The number of thioether (sulfide) groups is 1. The summed E-state index contributed by atoms with van der Waals surface area (Å²) in [4.78, 5) is 28.0. The average Bonchev–Trinajstić information content (AvgIpc) is 2.83. The number of allylic oxidation sites excluding steroid dienone is 1. The van der Waals surface area contributed by atoms with Crippen LogP contribution in [0.4, 0.5) is 0 Å². The highest BCUT2D eigenvalue weighted by Crippen LogP contribution is 2.56. The highest BCUT2D eigenvalue weighted by Gasteiger charge is 2.56. The van der Waals surface area contributed by atoms with Gasteiger partial charge >= 0.3 is 5.97 Å². The zero-order chi connectivity index (χ0) is 22.6. The predicted molar refractivity (Wildman–Crippen MR) is 129 cm³/mol. The van der Waals surface area contributed by atoms with E-state index in [-0.39, 0.29) is 12.2 Å². The topological polar surface area (TPSA) is 43.4 Å². The van der Waals surface area contributed by atoms with Crippen LogP contribution < -0.4 is 0 Å². The molecule has 1 heterocycles. The molecule has 1 aliphatic rings. The fraction of sp³-hybridized carbons (Fsp3) is 0.148. The number of esters is 1. The van der Waals surface area contributed by atoms with Crippen LogP contribution in [0.5, 0.6) is 0 Å². The number of Topliss-reactive ketones (excluding diaryl/α,β-unsaturated/α-hetero) is 1. The molecular weight excluding hydrogens is 440 g/mol. The number of halogens is 1. The average molecular weight is 461 g/mol. The molecule has 3 aromatic rings. The Morgan fingerprint density at radius 2 is 1.75 bits per heavy atom. The van der Waals surface area contributed by atoms with E-state index in [0.717, 1.165) is 16.0 Å². The van der Waals surface area contributed by atoms with Gasteiger partial charge in [0.2, 0.25) is 0 Å². The molecule has 0 spiro atoms. The Labute approximate surface area is 196 Å². The molecule has 1 aliphatic heterocycles. The van der Waals surface area contributed by atoms with Gasteiger partial charge in [0.05, 0.1) is 12.4 Å². The first kappa shape index (κ1) is 22.2. The van der Waals surface area contributed by atoms with Crippen molar-refractivity contribution in [2.24, 2.45) is 5.41 Å². The number of ether oxygens (including phenoxy) is 1. The molecule has 160 valence electrons. The van der Waals surface area contributed by atoms with E-state index in [1.165, 1.54) is 18.9 Å². The fourth-order valence-electron chi connectivity index (χ4n) is 3.92. The van der Waals surface area contributed by atoms with Crippen LogP contribution in [-0.4, -0.2) is 18.9 Å². The van der Waals surface area contributed by atoms with Gasteiger partial charge in [0.1, 0.15) is 0 Å². The van der Waals surface area contributed by atoms with Gasteiger partial charge in [-0.05, 0) is 47.9 Å². The minimum atomic E-state index is -1.42. The van der Waals surface area contributed by atoms with Crippen LogP contribution in [0.3, 0.4) is 0 Å². The normalized spacial score (nSPS) is 19.4. The molecule has 3 aromatic carbocycles. The third-order valence-corrected chi connectivity index (χ3v) is 7.32. The van der Waals surface area contributed by atoms with Gasteiger partial charge in [-0.25, -0.2) is 0 Å². The SMILES string of the molecule is COC(=O)C1(CC=C=Cc2ccccc2)C(=O)c2ccccc2SC1c1ccc(Cl)cc1. The molecule has 4 rings (SSSR count). The number of ketones is 1. The molecule has 5 heteroatoms. The molecule has 0 radical (unpaired) electrons. The van der Waals surface area contributed by atoms with Crippen molar-refractivity contribution in [3.8, 4) is 0 Å². The van der Waals surface area contributed by atoms with Crippen molar-refractivity contribution in [1.29, 1.82) is 0 Å². The van der Waals surface area contributed by atoms with E-state index in [2.05, 4.69) is 5.73 Å². The molecular formula is C27H21ClO3S. The maximum Gasteiger partial charge on any atom is 0.321 e. The Hall–Kier alpha value is -3.04. The van der Waals surface area contributed by atoms with E-state index in [1.807, 2.05) is 66.7 Å². The monoisotopic (exact) mass is 460 g/mol. The fourth-order valence-corrected chi connectivity index (χ4v) is 5.54. The first-order valence-electron chi connectivity index (χ1n) is 10.2. The first-order chi connectivity index (χ1) is 15.6. The number of benzene rings is 3. The van der Waals surface area contributed by atoms with Gasteiger partial charge < -0.3 is 4.74 Å². The van der Waals surface area contributed by atoms with Crippen LogP contribution in [0, 0.1) is 5.41 Å². The van der Waals surface area contributed by atoms with Crippen molar-refractivity contribution in [2.75, 3.05) is 7.11 Å². The van der Waals surface area contributed by atoms with Gasteiger partial charge in [-0.2, -0.15) is 0 Å². The molecule has 0 fully saturated rings. The molecule has 0 saturated heterocycles. The zero-order valence-corrected chi connectivity index (χ0v) is 19.0. The molecule has 0 saturated carbocycles. The molecule has 3 nitrogen and oxygen atoms in total. The number of rotatable bonds is 5. The summed E-state index contributed by atoms with van der Waals surface area (Å²) in [6.07, 6.45) is 3.74. The molecule has 0 aliphatic carbocycles. The quantitative estimate of drug-likeness (QED) is 0.239. The number of carbonyl (C=O) groups excluding carboxylic acids is 2. The third-order valence-electron chi connectivity index (χ3n) is 5.54. The Kier molecular flexibility index (Phi) is 6.66. The Morgan fingerprint density at radius 1 is 1.06 bits per heavy atom. The number of fused-ring (bicyclic) bond motifs is 1. The minimum Gasteiger partial charge on any atom is -0.468 e. The number of hydrogen-bond acceptors (Lipinski definition) is 4. The largest absolute Gasteiger partial charge is 0.468 e. The Bertz CT molecular complexity index is 1200. The zero-order valence-electron chi connectivity index (χ0n) is 17.5. The van der Waals surface area contributed by atoms with Crippen LogP contribution in [0.25, 0.3) is 6.08 Å². The van der Waals surface area contributed by atoms with Gasteiger partial charge in [-0.1, -0.05) is 72.3 Å². The standard InChI is InChI=1S/C27H21ClO3S/c1-31-26(30)27(18-8-7-11-19-9-3-2-4-10-19)24(29)22-12-5-6-13-23(22)32-25(27)20-14-16-21(28)17-15-20/h2-6,8-17,25H,18H2,1H3. The summed E-state index contributed by atoms with van der Waals surface area (Å²) in [5, 5.41) is 0.125. The van der Waals surface area contributed by atoms with Gasteiger partial charge in [0.15, 0.2) is 11.2 Å². The van der Waals surface area contributed by atoms with Gasteiger partial charge in [-0.15, -0.1) is 17.5 Å². The summed E-state index contributed by atoms with van der Waals surface area (Å²) in [5.74, 6) is -0.793. The van der Waals surface area contributed by atoms with E-state index >= 15 is 0 Å². The second kappa shape index (κ2) is 9.62. The summed E-state index contributed by atoms with van der Waals surface area (Å²) in [5.41, 5.74) is 4.08. The molecule has 0 aromatic heterocycles. The van der Waals surface area contributed by atoms with Crippen molar-refractivity contribution in [1.82, 2.24) is 0 Å². The molecule has 0 bridgehead atoms. The maximum atomic E-state index is 13.9. The van der Waals surface area contributed by atoms with Gasteiger partial charge in [0, 0.05) is 15.5 Å². The second-order valence-electron chi connectivity index (χ2n) is 7.47. The van der Waals surface area contributed by atoms with Crippen LogP contribution in [0.1, 0.15) is 33.2 Å². The van der Waals surface area contributed by atoms with E-state index < -0.39 is 16.6 Å². The lowest BCUT2D eigenvalue weighted by Gasteiger charge is -2.40. The lowest BCUT2D eigenvalue weighted by Crippen LogP contribution is -2.46. The van der Waals surface area contributed by atoms with E-state index in [9.17, 15) is 9.59 Å². The molecule has 0 N–H and O–H groups in total. The van der Waals surface area contributed by atoms with Crippen LogP contribution in [0.2, 0.25) is 5.02 Å². The Balaban J connectivity index is 1.83. The summed E-state index contributed by atoms with van der Waals surface area (Å²) in [7, 11) is 1.32. The van der Waals surface area contributed by atoms with Crippen molar-refractivity contribution in [2.45, 2.75) is 16.6 Å². The lowest BCUT2D eigenvalue weighted by molar-refractivity contribution is -0.149. The van der Waals surface area contributed by atoms with Crippen LogP contribution in [-0.2, 0) is 9.53 Å². The van der Waals surface area contributed by atoms with Crippen molar-refractivity contribution in [3.05, 3.63) is 112 Å². The molecule has 2 unspecified atom stereocenters. The van der Waals surface area contributed by atoms with Gasteiger partial charge in [0.25, 0.3) is 0 Å². The maximum absolute atomic E-state index is 13.9. The highest BCUT2D eigenvalue weighted by atomic mass is 35.5. The van der Waals surface area contributed by atoms with Crippen LogP contribution >= 0.6 is 23.4 Å². The van der Waals surface area contributed by atoms with Crippen molar-refractivity contribution in [3.63, 3.8) is 0 Å². The summed E-state index contributed by atoms with van der Waals surface area (Å²) >= 11 is 7.60. The van der Waals surface area contributed by atoms with E-state index in [0.29, 0.717) is 10.6 Å². The van der Waals surface area contributed by atoms with Crippen LogP contribution in [0.15, 0.2) is 95.6 Å². The first-order valence-corrected chi connectivity index (χ1v) is 11.4. The minimum absolute atomic E-state index is 0.163. The highest BCUT2D eigenvalue weighted by molar-refractivity contribution is 7.99. The lowest BCUT2D eigenvalue weighted by atomic mass is 9.72. The summed E-state index contributed by atoms with van der Waals surface area (Å²) in [6, 6.07) is 24.4. The number of methoxy groups -OCH3 is 1. The number of carbonyl (C=O) groups is 2. The van der Waals surface area contributed by atoms with E-state index in [4.69, 9.17) is 16.3 Å². The molecule has 0 amide bonds. The molecule has 32 heavy (non-hydrogen) atoms. The Morgan fingerprint density at radius 3 is 2.47 bits per heavy atom. The van der Waals surface area contributed by atoms with E-state index in [1.54, 1.807) is 24.3 Å². The summed E-state index contributed by atoms with van der Waals surface area (Å²) in [6.45, 7) is 0. The van der Waals surface area contributed by atoms with Crippen molar-refractivity contribution >= 4 is 41.2 Å². The summed E-state index contributed by atoms with van der Waals surface area (Å²) < 4.78 is 5.21. The third kappa shape index (κ3) is 4.18. The van der Waals surface area contributed by atoms with Crippen molar-refractivity contribution < 1.29 is 14.3 Å². The number of hydrogen-bond donors (Lipinski definition) is 0. The van der Waals surface area contributed by atoms with Gasteiger partial charge in [-0.3, -0.25) is 9.59 Å². The smallest absolute Gasteiger partial charge is 0.321 e. The predicted octanol–water partition coefficient (Wildman–Crippen LogP) is 6.79. The molecule has 2 atom stereocenters. The second-order valence-corrected chi connectivity index (χ2v) is 9.05.